The van der Waals surface area contributed by atoms with E-state index in [-0.39, 0.29) is 17.0 Å². The second kappa shape index (κ2) is 6.11. The predicted molar refractivity (Wildman–Crippen MR) is 78.2 cm³/mol. The molecule has 2 atom stereocenters. The van der Waals surface area contributed by atoms with Crippen LogP contribution in [0.25, 0.3) is 0 Å². The van der Waals surface area contributed by atoms with Crippen LogP contribution < -0.4 is 10.5 Å². The van der Waals surface area contributed by atoms with Crippen molar-refractivity contribution in [1.82, 2.24) is 4.31 Å². The van der Waals surface area contributed by atoms with Crippen LogP contribution in [-0.4, -0.2) is 38.5 Å². The van der Waals surface area contributed by atoms with E-state index < -0.39 is 10.0 Å². The zero-order valence-corrected chi connectivity index (χ0v) is 12.8. The molecule has 2 unspecified atom stereocenters. The van der Waals surface area contributed by atoms with Gasteiger partial charge in [0.15, 0.2) is 0 Å². The fraction of sp³-hybridized carbons (Fsp3) is 0.571. The summed E-state index contributed by atoms with van der Waals surface area (Å²) in [4.78, 5) is 0.268. The number of rotatable bonds is 4. The van der Waals surface area contributed by atoms with Crippen LogP contribution in [-0.2, 0) is 10.0 Å². The molecule has 1 aromatic carbocycles. The molecule has 1 saturated heterocycles. The summed E-state index contributed by atoms with van der Waals surface area (Å²) in [6.07, 6.45) is 2.73. The highest BCUT2D eigenvalue weighted by atomic mass is 32.2. The largest absolute Gasteiger partial charge is 0.497 e. The van der Waals surface area contributed by atoms with Crippen LogP contribution >= 0.6 is 0 Å². The average Bonchev–Trinajstić information content (AvgIpc) is 2.47. The zero-order valence-electron chi connectivity index (χ0n) is 12.0. The Morgan fingerprint density at radius 3 is 2.80 bits per heavy atom. The Morgan fingerprint density at radius 2 is 2.15 bits per heavy atom. The molecule has 6 heteroatoms. The Kier molecular flexibility index (Phi) is 4.67. The fourth-order valence-electron chi connectivity index (χ4n) is 2.65. The number of benzene rings is 1. The van der Waals surface area contributed by atoms with Gasteiger partial charge in [0.05, 0.1) is 12.0 Å². The molecule has 112 valence electrons. The van der Waals surface area contributed by atoms with Crippen molar-refractivity contribution < 1.29 is 13.2 Å². The van der Waals surface area contributed by atoms with Crippen molar-refractivity contribution in [2.45, 2.75) is 43.2 Å². The van der Waals surface area contributed by atoms with Crippen molar-refractivity contribution in [2.24, 2.45) is 5.73 Å². The van der Waals surface area contributed by atoms with Gasteiger partial charge in [0.1, 0.15) is 5.75 Å². The SMILES string of the molecule is COc1cccc(S(=O)(=O)N2CCCCC2C(C)N)c1. The number of sulfonamides is 1. The Morgan fingerprint density at radius 1 is 1.40 bits per heavy atom. The molecule has 0 saturated carbocycles. The van der Waals surface area contributed by atoms with Crippen molar-refractivity contribution >= 4 is 10.0 Å². The number of nitrogens with two attached hydrogens (primary N) is 1. The summed E-state index contributed by atoms with van der Waals surface area (Å²) in [6.45, 7) is 2.40. The van der Waals surface area contributed by atoms with Crippen LogP contribution in [0.2, 0.25) is 0 Å². The zero-order chi connectivity index (χ0) is 14.8. The second-order valence-corrected chi connectivity index (χ2v) is 7.11. The summed E-state index contributed by atoms with van der Waals surface area (Å²) in [6, 6.07) is 6.29. The lowest BCUT2D eigenvalue weighted by Gasteiger charge is -2.36. The van der Waals surface area contributed by atoms with E-state index in [1.165, 1.54) is 7.11 Å². The van der Waals surface area contributed by atoms with Crippen LogP contribution in [0.4, 0.5) is 0 Å². The van der Waals surface area contributed by atoms with Gasteiger partial charge in [0.2, 0.25) is 10.0 Å². The molecule has 5 nitrogen and oxygen atoms in total. The quantitative estimate of drug-likeness (QED) is 0.916. The van der Waals surface area contributed by atoms with E-state index in [0.717, 1.165) is 19.3 Å². The van der Waals surface area contributed by atoms with Crippen molar-refractivity contribution in [1.29, 1.82) is 0 Å². The van der Waals surface area contributed by atoms with Gasteiger partial charge in [0, 0.05) is 24.7 Å². The first-order valence-corrected chi connectivity index (χ1v) is 8.32. The highest BCUT2D eigenvalue weighted by Gasteiger charge is 2.35. The molecule has 1 aliphatic rings. The topological polar surface area (TPSA) is 72.6 Å². The van der Waals surface area contributed by atoms with Gasteiger partial charge in [-0.3, -0.25) is 0 Å². The number of hydrogen-bond donors (Lipinski definition) is 1. The molecule has 0 radical (unpaired) electrons. The molecular formula is C14H22N2O3S. The van der Waals surface area contributed by atoms with Crippen molar-refractivity contribution in [3.8, 4) is 5.75 Å². The Balaban J connectivity index is 2.36. The molecule has 2 N–H and O–H groups in total. The first kappa shape index (κ1) is 15.3. The number of nitrogens with zero attached hydrogens (tertiary/aromatic N) is 1. The van der Waals surface area contributed by atoms with Gasteiger partial charge in [-0.05, 0) is 31.9 Å². The summed E-state index contributed by atoms with van der Waals surface area (Å²) in [5, 5.41) is 0. The van der Waals surface area contributed by atoms with Gasteiger partial charge in [-0.2, -0.15) is 4.31 Å². The fourth-order valence-corrected chi connectivity index (χ4v) is 4.46. The molecule has 20 heavy (non-hydrogen) atoms. The summed E-state index contributed by atoms with van der Waals surface area (Å²) < 4.78 is 32.2. The molecule has 0 aliphatic carbocycles. The van der Waals surface area contributed by atoms with E-state index in [0.29, 0.717) is 12.3 Å². The molecule has 0 spiro atoms. The van der Waals surface area contributed by atoms with Gasteiger partial charge < -0.3 is 10.5 Å². The van der Waals surface area contributed by atoms with Crippen molar-refractivity contribution in [2.75, 3.05) is 13.7 Å². The van der Waals surface area contributed by atoms with E-state index in [9.17, 15) is 8.42 Å². The number of hydrogen-bond acceptors (Lipinski definition) is 4. The van der Waals surface area contributed by atoms with Crippen LogP contribution in [0, 0.1) is 0 Å². The standard InChI is InChI=1S/C14H22N2O3S/c1-11(15)14-8-3-4-9-16(14)20(17,18)13-7-5-6-12(10-13)19-2/h5-7,10-11,14H,3-4,8-9,15H2,1-2H3. The van der Waals surface area contributed by atoms with Gasteiger partial charge in [-0.15, -0.1) is 0 Å². The molecule has 1 aliphatic heterocycles. The van der Waals surface area contributed by atoms with Gasteiger partial charge >= 0.3 is 0 Å². The maximum atomic E-state index is 12.8. The molecule has 2 rings (SSSR count). The lowest BCUT2D eigenvalue weighted by molar-refractivity contribution is 0.227. The molecule has 1 fully saturated rings. The maximum Gasteiger partial charge on any atom is 0.243 e. The van der Waals surface area contributed by atoms with E-state index in [1.54, 1.807) is 28.6 Å². The molecule has 0 amide bonds. The lowest BCUT2D eigenvalue weighted by Crippen LogP contribution is -2.51. The van der Waals surface area contributed by atoms with Crippen molar-refractivity contribution in [3.63, 3.8) is 0 Å². The third kappa shape index (κ3) is 2.97. The maximum absolute atomic E-state index is 12.8. The minimum atomic E-state index is -3.52. The first-order valence-electron chi connectivity index (χ1n) is 6.88. The predicted octanol–water partition coefficient (Wildman–Crippen LogP) is 1.59. The summed E-state index contributed by atoms with van der Waals surface area (Å²) in [5.41, 5.74) is 5.96. The smallest absolute Gasteiger partial charge is 0.243 e. The molecule has 1 heterocycles. The molecule has 0 aromatic heterocycles. The third-order valence-corrected chi connectivity index (χ3v) is 5.67. The number of piperidine rings is 1. The molecular weight excluding hydrogens is 276 g/mol. The molecule has 0 bridgehead atoms. The minimum Gasteiger partial charge on any atom is -0.497 e. The Bertz CT molecular complexity index is 557. The highest BCUT2D eigenvalue weighted by Crippen LogP contribution is 2.28. The van der Waals surface area contributed by atoms with Gasteiger partial charge in [-0.25, -0.2) is 8.42 Å². The van der Waals surface area contributed by atoms with Crippen molar-refractivity contribution in [3.05, 3.63) is 24.3 Å². The van der Waals surface area contributed by atoms with Crippen LogP contribution in [0.5, 0.6) is 5.75 Å². The van der Waals surface area contributed by atoms with Crippen LogP contribution in [0.15, 0.2) is 29.2 Å². The number of methoxy groups -OCH3 is 1. The van der Waals surface area contributed by atoms with Crippen LogP contribution in [0.3, 0.4) is 0 Å². The summed E-state index contributed by atoms with van der Waals surface area (Å²) >= 11 is 0. The summed E-state index contributed by atoms with van der Waals surface area (Å²) in [7, 11) is -1.99. The normalized spacial score (nSPS) is 22.4. The number of ether oxygens (including phenoxy) is 1. The average molecular weight is 298 g/mol. The lowest BCUT2D eigenvalue weighted by atomic mass is 10.00. The first-order chi connectivity index (χ1) is 9.46. The van der Waals surface area contributed by atoms with Crippen LogP contribution in [0.1, 0.15) is 26.2 Å². The Hall–Kier alpha value is -1.11. The van der Waals surface area contributed by atoms with E-state index >= 15 is 0 Å². The molecule has 1 aromatic rings. The Labute approximate surface area is 120 Å². The van der Waals surface area contributed by atoms with Gasteiger partial charge in [0.25, 0.3) is 0 Å². The second-order valence-electron chi connectivity index (χ2n) is 5.22. The minimum absolute atomic E-state index is 0.125. The van der Waals surface area contributed by atoms with Gasteiger partial charge in [-0.1, -0.05) is 12.5 Å². The summed E-state index contributed by atoms with van der Waals surface area (Å²) in [5.74, 6) is 0.542. The third-order valence-electron chi connectivity index (χ3n) is 3.75. The van der Waals surface area contributed by atoms with E-state index in [2.05, 4.69) is 0 Å². The van der Waals surface area contributed by atoms with E-state index in [4.69, 9.17) is 10.5 Å². The highest BCUT2D eigenvalue weighted by molar-refractivity contribution is 7.89. The monoisotopic (exact) mass is 298 g/mol. The van der Waals surface area contributed by atoms with E-state index in [1.807, 2.05) is 6.92 Å².